The zero-order valence-corrected chi connectivity index (χ0v) is 15.4. The second-order valence-electron chi connectivity index (χ2n) is 6.61. The van der Waals surface area contributed by atoms with Crippen LogP contribution in [0.25, 0.3) is 22.4 Å². The second kappa shape index (κ2) is 6.67. The Morgan fingerprint density at radius 1 is 1.19 bits per heavy atom. The molecule has 140 valence electrons. The fourth-order valence-electron chi connectivity index (χ4n) is 3.58. The van der Waals surface area contributed by atoms with Gasteiger partial charge < -0.3 is 23.9 Å². The third-order valence-electron chi connectivity index (χ3n) is 4.95. The maximum absolute atomic E-state index is 6.44. The third kappa shape index (κ3) is 3.01. The molecule has 4 heterocycles. The molecule has 1 N–H and O–H groups in total. The van der Waals surface area contributed by atoms with Gasteiger partial charge in [0.2, 0.25) is 0 Å². The van der Waals surface area contributed by atoms with E-state index in [0.717, 1.165) is 23.3 Å². The predicted octanol–water partition coefficient (Wildman–Crippen LogP) is 3.22. The molecule has 7 nitrogen and oxygen atoms in total. The van der Waals surface area contributed by atoms with E-state index in [0.29, 0.717) is 35.6 Å². The van der Waals surface area contributed by atoms with Gasteiger partial charge in [-0.25, -0.2) is 4.98 Å². The zero-order chi connectivity index (χ0) is 18.4. The van der Waals surface area contributed by atoms with Gasteiger partial charge in [0, 0.05) is 12.2 Å². The third-order valence-corrected chi connectivity index (χ3v) is 5.24. The lowest BCUT2D eigenvalue weighted by atomic mass is 10.1. The van der Waals surface area contributed by atoms with Crippen molar-refractivity contribution >= 4 is 22.8 Å². The van der Waals surface area contributed by atoms with E-state index in [2.05, 4.69) is 15.0 Å². The van der Waals surface area contributed by atoms with Crippen LogP contribution >= 0.6 is 11.6 Å². The number of H-pyrrole nitrogens is 1. The quantitative estimate of drug-likeness (QED) is 0.740. The fourth-order valence-corrected chi connectivity index (χ4v) is 3.84. The molecular formula is C19H18ClN3O4. The van der Waals surface area contributed by atoms with Crippen LogP contribution in [0, 0.1) is 0 Å². The lowest BCUT2D eigenvalue weighted by Crippen LogP contribution is -2.32. The molecule has 3 atom stereocenters. The highest BCUT2D eigenvalue weighted by Crippen LogP contribution is 2.32. The summed E-state index contributed by atoms with van der Waals surface area (Å²) in [6.45, 7) is 1.20. The summed E-state index contributed by atoms with van der Waals surface area (Å²) < 4.78 is 22.6. The minimum absolute atomic E-state index is 0.0374. The first-order valence-electron chi connectivity index (χ1n) is 8.82. The summed E-state index contributed by atoms with van der Waals surface area (Å²) in [4.78, 5) is 12.2. The van der Waals surface area contributed by atoms with Crippen molar-refractivity contribution < 1.29 is 18.9 Å². The molecule has 0 bridgehead atoms. The van der Waals surface area contributed by atoms with Crippen molar-refractivity contribution in [1.29, 1.82) is 0 Å². The van der Waals surface area contributed by atoms with Crippen molar-refractivity contribution in [2.45, 2.75) is 24.7 Å². The van der Waals surface area contributed by atoms with Crippen LogP contribution in [-0.4, -0.2) is 53.6 Å². The molecule has 0 saturated carbocycles. The first-order valence-corrected chi connectivity index (χ1v) is 9.19. The van der Waals surface area contributed by atoms with E-state index in [4.69, 9.17) is 30.5 Å². The van der Waals surface area contributed by atoms with Crippen molar-refractivity contribution in [3.05, 3.63) is 35.4 Å². The Kier molecular flexibility index (Phi) is 4.15. The molecule has 1 aromatic carbocycles. The molecule has 3 unspecified atom stereocenters. The number of aromatic nitrogens is 3. The molecule has 2 fully saturated rings. The number of benzene rings is 1. The molecule has 0 aliphatic carbocycles. The van der Waals surface area contributed by atoms with Crippen LogP contribution in [0.15, 0.2) is 30.3 Å². The van der Waals surface area contributed by atoms with Crippen LogP contribution in [0.2, 0.25) is 5.02 Å². The number of hydrogen-bond acceptors (Lipinski definition) is 6. The summed E-state index contributed by atoms with van der Waals surface area (Å²) in [6.07, 6.45) is 0.820. The monoisotopic (exact) mass is 387 g/mol. The number of aromatic amines is 1. The van der Waals surface area contributed by atoms with Crippen LogP contribution in [0.4, 0.5) is 0 Å². The summed E-state index contributed by atoms with van der Waals surface area (Å²) in [5.74, 6) is 0.776. The molecule has 8 heteroatoms. The number of fused-ring (bicyclic) bond motifs is 2. The van der Waals surface area contributed by atoms with Gasteiger partial charge in [-0.15, -0.1) is 0 Å². The van der Waals surface area contributed by atoms with Gasteiger partial charge in [-0.05, 0) is 36.8 Å². The Bertz CT molecular complexity index is 975. The summed E-state index contributed by atoms with van der Waals surface area (Å²) in [5.41, 5.74) is 2.81. The number of pyridine rings is 1. The Hall–Kier alpha value is -2.35. The predicted molar refractivity (Wildman–Crippen MR) is 99.4 cm³/mol. The minimum Gasteiger partial charge on any atom is -0.497 e. The van der Waals surface area contributed by atoms with Gasteiger partial charge in [-0.1, -0.05) is 11.6 Å². The number of imidazole rings is 1. The second-order valence-corrected chi connectivity index (χ2v) is 7.02. The van der Waals surface area contributed by atoms with Gasteiger partial charge in [0.1, 0.15) is 11.9 Å². The standard InChI is InChI=1S/C19H18ClN3O4/c1-24-11-4-2-10(3-5-11)16-12(20)8-13-18(22-16)23-19(21-13)27-15-9-26-14-6-7-25-17(14)15/h2-5,8,14-15,17H,6-7,9H2,1H3,(H,21,22,23). The van der Waals surface area contributed by atoms with Crippen LogP contribution in [0.3, 0.4) is 0 Å². The highest BCUT2D eigenvalue weighted by molar-refractivity contribution is 6.33. The molecule has 0 radical (unpaired) electrons. The van der Waals surface area contributed by atoms with Gasteiger partial charge in [-0.2, -0.15) is 4.98 Å². The van der Waals surface area contributed by atoms with Gasteiger partial charge in [0.05, 0.1) is 36.1 Å². The lowest BCUT2D eigenvalue weighted by molar-refractivity contribution is 0.0273. The lowest BCUT2D eigenvalue weighted by Gasteiger charge is -2.15. The first-order chi connectivity index (χ1) is 13.2. The van der Waals surface area contributed by atoms with Crippen LogP contribution in [0.1, 0.15) is 6.42 Å². The molecule has 2 aliphatic heterocycles. The van der Waals surface area contributed by atoms with Crippen molar-refractivity contribution in [1.82, 2.24) is 15.0 Å². The van der Waals surface area contributed by atoms with E-state index in [1.165, 1.54) is 0 Å². The average molecular weight is 388 g/mol. The van der Waals surface area contributed by atoms with E-state index in [1.54, 1.807) is 7.11 Å². The smallest absolute Gasteiger partial charge is 0.296 e. The molecule has 5 rings (SSSR count). The number of halogens is 1. The Labute approximate surface area is 160 Å². The molecule has 27 heavy (non-hydrogen) atoms. The number of ether oxygens (including phenoxy) is 4. The van der Waals surface area contributed by atoms with Gasteiger partial charge in [0.15, 0.2) is 11.8 Å². The van der Waals surface area contributed by atoms with Gasteiger partial charge in [0.25, 0.3) is 6.01 Å². The molecular weight excluding hydrogens is 370 g/mol. The maximum Gasteiger partial charge on any atom is 0.296 e. The molecule has 0 amide bonds. The number of methoxy groups -OCH3 is 1. The van der Waals surface area contributed by atoms with Crippen LogP contribution < -0.4 is 9.47 Å². The van der Waals surface area contributed by atoms with Crippen molar-refractivity contribution in [2.75, 3.05) is 20.3 Å². The highest BCUT2D eigenvalue weighted by Gasteiger charge is 2.43. The highest BCUT2D eigenvalue weighted by atomic mass is 35.5. The number of nitrogens with one attached hydrogen (secondary N) is 1. The molecule has 2 aromatic heterocycles. The van der Waals surface area contributed by atoms with Crippen molar-refractivity contribution in [3.8, 4) is 23.0 Å². The minimum atomic E-state index is -0.172. The average Bonchev–Trinajstić information content (AvgIpc) is 3.38. The van der Waals surface area contributed by atoms with E-state index < -0.39 is 0 Å². The zero-order valence-electron chi connectivity index (χ0n) is 14.6. The Morgan fingerprint density at radius 2 is 2.04 bits per heavy atom. The number of rotatable bonds is 4. The van der Waals surface area contributed by atoms with Crippen LogP contribution in [0.5, 0.6) is 11.8 Å². The van der Waals surface area contributed by atoms with Crippen molar-refractivity contribution in [2.24, 2.45) is 0 Å². The van der Waals surface area contributed by atoms with E-state index in [1.807, 2.05) is 30.3 Å². The summed E-state index contributed by atoms with van der Waals surface area (Å²) in [5, 5.41) is 0.534. The summed E-state index contributed by atoms with van der Waals surface area (Å²) in [6, 6.07) is 9.77. The normalized spacial score (nSPS) is 24.3. The summed E-state index contributed by atoms with van der Waals surface area (Å²) >= 11 is 6.44. The van der Waals surface area contributed by atoms with E-state index >= 15 is 0 Å². The number of nitrogens with zero attached hydrogens (tertiary/aromatic N) is 2. The summed E-state index contributed by atoms with van der Waals surface area (Å²) in [7, 11) is 1.63. The van der Waals surface area contributed by atoms with Gasteiger partial charge in [-0.3, -0.25) is 0 Å². The van der Waals surface area contributed by atoms with Crippen LogP contribution in [-0.2, 0) is 9.47 Å². The van der Waals surface area contributed by atoms with E-state index in [9.17, 15) is 0 Å². The molecule has 2 saturated heterocycles. The maximum atomic E-state index is 6.44. The molecule has 0 spiro atoms. The topological polar surface area (TPSA) is 78.5 Å². The fraction of sp³-hybridized carbons (Fsp3) is 0.368. The largest absolute Gasteiger partial charge is 0.497 e. The molecule has 3 aromatic rings. The Balaban J connectivity index is 1.43. The van der Waals surface area contributed by atoms with Gasteiger partial charge >= 0.3 is 0 Å². The molecule has 2 aliphatic rings. The Morgan fingerprint density at radius 3 is 2.85 bits per heavy atom. The SMILES string of the molecule is COc1ccc(-c2nc3nc(OC4COC5CCOC54)[nH]c3cc2Cl)cc1. The first kappa shape index (κ1) is 16.8. The van der Waals surface area contributed by atoms with E-state index in [-0.39, 0.29) is 18.3 Å². The number of hydrogen-bond donors (Lipinski definition) is 1. The van der Waals surface area contributed by atoms with Crippen molar-refractivity contribution in [3.63, 3.8) is 0 Å².